The average molecular weight is 288 g/mol. The van der Waals surface area contributed by atoms with E-state index in [1.54, 1.807) is 0 Å². The van der Waals surface area contributed by atoms with Crippen molar-refractivity contribution in [3.8, 4) is 0 Å². The molecule has 2 rings (SSSR count). The van der Waals surface area contributed by atoms with Crippen molar-refractivity contribution < 1.29 is 0 Å². The van der Waals surface area contributed by atoms with Crippen LogP contribution in [-0.4, -0.2) is 29.9 Å². The molecule has 0 atom stereocenters. The van der Waals surface area contributed by atoms with Crippen LogP contribution in [0.1, 0.15) is 57.8 Å². The maximum Gasteiger partial charge on any atom is 0.0100 e. The van der Waals surface area contributed by atoms with Crippen molar-refractivity contribution >= 4 is 15.9 Å². The fourth-order valence-electron chi connectivity index (χ4n) is 3.64. The fraction of sp³-hybridized carbons (Fsp3) is 1.00. The second-order valence-electron chi connectivity index (χ2n) is 6.05. The van der Waals surface area contributed by atoms with Crippen molar-refractivity contribution in [1.82, 2.24) is 4.90 Å². The van der Waals surface area contributed by atoms with E-state index >= 15 is 0 Å². The minimum atomic E-state index is 0.593. The van der Waals surface area contributed by atoms with Crippen LogP contribution >= 0.6 is 15.9 Å². The van der Waals surface area contributed by atoms with Gasteiger partial charge in [-0.3, -0.25) is 0 Å². The highest BCUT2D eigenvalue weighted by Gasteiger charge is 2.34. The summed E-state index contributed by atoms with van der Waals surface area (Å²) in [6.07, 6.45) is 13.0. The third-order valence-corrected chi connectivity index (χ3v) is 5.92. The van der Waals surface area contributed by atoms with Crippen LogP contribution in [0.25, 0.3) is 0 Å². The van der Waals surface area contributed by atoms with E-state index in [2.05, 4.69) is 27.9 Å². The van der Waals surface area contributed by atoms with Crippen LogP contribution in [0.4, 0.5) is 0 Å². The van der Waals surface area contributed by atoms with Crippen LogP contribution in [0.5, 0.6) is 0 Å². The molecule has 0 bridgehead atoms. The summed E-state index contributed by atoms with van der Waals surface area (Å²) in [5.74, 6) is 0. The third kappa shape index (κ3) is 3.01. The van der Waals surface area contributed by atoms with Gasteiger partial charge in [0.1, 0.15) is 0 Å². The van der Waals surface area contributed by atoms with Crippen LogP contribution in [0.15, 0.2) is 0 Å². The molecular formula is C14H26BrN. The van der Waals surface area contributed by atoms with E-state index < -0.39 is 0 Å². The van der Waals surface area contributed by atoms with Crippen LogP contribution in [0.3, 0.4) is 0 Å². The number of halogens is 1. The van der Waals surface area contributed by atoms with Crippen molar-refractivity contribution in [2.45, 2.75) is 63.8 Å². The first kappa shape index (κ1) is 12.9. The molecule has 0 aromatic rings. The van der Waals surface area contributed by atoms with E-state index in [1.807, 2.05) is 0 Å². The highest BCUT2D eigenvalue weighted by molar-refractivity contribution is 9.09. The Morgan fingerprint density at radius 3 is 2.25 bits per heavy atom. The van der Waals surface area contributed by atoms with Crippen LogP contribution in [-0.2, 0) is 0 Å². The van der Waals surface area contributed by atoms with Crippen LogP contribution in [0, 0.1) is 5.41 Å². The quantitative estimate of drug-likeness (QED) is 0.701. The molecule has 2 aliphatic carbocycles. The van der Waals surface area contributed by atoms with Gasteiger partial charge in [-0.2, -0.15) is 0 Å². The molecule has 0 aliphatic heterocycles. The summed E-state index contributed by atoms with van der Waals surface area (Å²) >= 11 is 3.78. The lowest BCUT2D eigenvalue weighted by Gasteiger charge is -2.40. The predicted octanol–water partition coefficient (Wildman–Crippen LogP) is 4.21. The Bertz CT molecular complexity index is 205. The second-order valence-corrected chi connectivity index (χ2v) is 6.61. The summed E-state index contributed by atoms with van der Waals surface area (Å²) in [5, 5.41) is 1.21. The Morgan fingerprint density at radius 2 is 1.69 bits per heavy atom. The van der Waals surface area contributed by atoms with Gasteiger partial charge in [-0.25, -0.2) is 0 Å². The summed E-state index contributed by atoms with van der Waals surface area (Å²) in [4.78, 5) is 2.67. The van der Waals surface area contributed by atoms with Gasteiger partial charge >= 0.3 is 0 Å². The Hall–Kier alpha value is 0.440. The molecule has 0 heterocycles. The first-order valence-corrected chi connectivity index (χ1v) is 8.14. The summed E-state index contributed by atoms with van der Waals surface area (Å²) in [5.41, 5.74) is 0.593. The molecule has 0 unspecified atom stereocenters. The van der Waals surface area contributed by atoms with Crippen molar-refractivity contribution in [3.63, 3.8) is 0 Å². The lowest BCUT2D eigenvalue weighted by Crippen LogP contribution is -2.42. The van der Waals surface area contributed by atoms with E-state index in [4.69, 9.17) is 0 Å². The molecule has 0 aromatic carbocycles. The van der Waals surface area contributed by atoms with Crippen molar-refractivity contribution in [2.24, 2.45) is 5.41 Å². The Kier molecular flexibility index (Phi) is 4.72. The minimum absolute atomic E-state index is 0.593. The highest BCUT2D eigenvalue weighted by atomic mass is 79.9. The lowest BCUT2D eigenvalue weighted by molar-refractivity contribution is 0.116. The van der Waals surface area contributed by atoms with Gasteiger partial charge in [-0.1, -0.05) is 48.0 Å². The number of hydrogen-bond donors (Lipinski definition) is 0. The van der Waals surface area contributed by atoms with Gasteiger partial charge < -0.3 is 4.90 Å². The normalized spacial score (nSPS) is 26.4. The molecule has 0 amide bonds. The molecule has 2 fully saturated rings. The zero-order chi connectivity index (χ0) is 11.4. The molecule has 0 radical (unpaired) electrons. The SMILES string of the molecule is CN(CC1(CBr)CCCCC1)C1CCCC1. The lowest BCUT2D eigenvalue weighted by atomic mass is 9.75. The maximum absolute atomic E-state index is 3.78. The molecule has 0 saturated heterocycles. The van der Waals surface area contributed by atoms with Gasteiger partial charge in [0.15, 0.2) is 0 Å². The summed E-state index contributed by atoms with van der Waals surface area (Å²) in [6.45, 7) is 1.32. The zero-order valence-corrected chi connectivity index (χ0v) is 12.3. The standard InChI is InChI=1S/C14H26BrN/c1-16(13-7-3-4-8-13)12-14(11-15)9-5-2-6-10-14/h13H,2-12H2,1H3. The second kappa shape index (κ2) is 5.86. The summed E-state index contributed by atoms with van der Waals surface area (Å²) in [7, 11) is 2.36. The minimum Gasteiger partial charge on any atom is -0.303 e. The largest absolute Gasteiger partial charge is 0.303 e. The smallest absolute Gasteiger partial charge is 0.0100 e. The number of rotatable bonds is 4. The van der Waals surface area contributed by atoms with Crippen molar-refractivity contribution in [2.75, 3.05) is 18.9 Å². The topological polar surface area (TPSA) is 3.24 Å². The van der Waals surface area contributed by atoms with Crippen LogP contribution in [0.2, 0.25) is 0 Å². The van der Waals surface area contributed by atoms with E-state index in [0.29, 0.717) is 5.41 Å². The zero-order valence-electron chi connectivity index (χ0n) is 10.7. The molecule has 2 aliphatic rings. The first-order valence-electron chi connectivity index (χ1n) is 7.02. The predicted molar refractivity (Wildman–Crippen MR) is 74.2 cm³/mol. The molecule has 1 nitrogen and oxygen atoms in total. The van der Waals surface area contributed by atoms with Gasteiger partial charge in [0.05, 0.1) is 0 Å². The van der Waals surface area contributed by atoms with E-state index in [9.17, 15) is 0 Å². The Labute approximate surface area is 109 Å². The Morgan fingerprint density at radius 1 is 1.06 bits per heavy atom. The molecular weight excluding hydrogens is 262 g/mol. The van der Waals surface area contributed by atoms with Crippen molar-refractivity contribution in [1.29, 1.82) is 0 Å². The monoisotopic (exact) mass is 287 g/mol. The summed E-state index contributed by atoms with van der Waals surface area (Å²) < 4.78 is 0. The van der Waals surface area contributed by atoms with E-state index in [1.165, 1.54) is 69.7 Å². The van der Waals surface area contributed by atoms with Gasteiger partial charge in [0.2, 0.25) is 0 Å². The molecule has 94 valence electrons. The molecule has 2 heteroatoms. The van der Waals surface area contributed by atoms with Gasteiger partial charge in [0, 0.05) is 17.9 Å². The highest BCUT2D eigenvalue weighted by Crippen LogP contribution is 2.39. The molecule has 16 heavy (non-hydrogen) atoms. The Balaban J connectivity index is 1.89. The fourth-order valence-corrected chi connectivity index (χ4v) is 4.38. The van der Waals surface area contributed by atoms with E-state index in [-0.39, 0.29) is 0 Å². The van der Waals surface area contributed by atoms with E-state index in [0.717, 1.165) is 6.04 Å². The number of alkyl halides is 1. The first-order chi connectivity index (χ1) is 7.76. The van der Waals surface area contributed by atoms with Gasteiger partial charge in [-0.05, 0) is 38.1 Å². The third-order valence-electron chi connectivity index (χ3n) is 4.73. The average Bonchev–Trinajstić information content (AvgIpc) is 2.84. The number of hydrogen-bond acceptors (Lipinski definition) is 1. The molecule has 0 N–H and O–H groups in total. The maximum atomic E-state index is 3.78. The van der Waals surface area contributed by atoms with Gasteiger partial charge in [-0.15, -0.1) is 0 Å². The molecule has 0 spiro atoms. The molecule has 2 saturated carbocycles. The molecule has 0 aromatic heterocycles. The van der Waals surface area contributed by atoms with Gasteiger partial charge in [0.25, 0.3) is 0 Å². The number of nitrogens with zero attached hydrogens (tertiary/aromatic N) is 1. The van der Waals surface area contributed by atoms with Crippen LogP contribution < -0.4 is 0 Å². The van der Waals surface area contributed by atoms with Crippen molar-refractivity contribution in [3.05, 3.63) is 0 Å². The summed E-state index contributed by atoms with van der Waals surface area (Å²) in [6, 6.07) is 0.887.